The van der Waals surface area contributed by atoms with Crippen LogP contribution in [0.3, 0.4) is 0 Å². The van der Waals surface area contributed by atoms with Crippen molar-refractivity contribution in [2.24, 2.45) is 5.92 Å². The molecule has 0 atom stereocenters. The second kappa shape index (κ2) is 9.60. The normalized spacial score (nSPS) is 16.0. The lowest BCUT2D eigenvalue weighted by atomic mass is 10.2. The van der Waals surface area contributed by atoms with Crippen LogP contribution in [-0.4, -0.2) is 64.3 Å². The largest absolute Gasteiger partial charge is 0.368 e. The van der Waals surface area contributed by atoms with E-state index < -0.39 is 10.0 Å². The van der Waals surface area contributed by atoms with Gasteiger partial charge < -0.3 is 15.1 Å². The lowest BCUT2D eigenvalue weighted by Gasteiger charge is -2.36. The van der Waals surface area contributed by atoms with Gasteiger partial charge in [0.25, 0.3) is 10.0 Å². The third-order valence-corrected chi connectivity index (χ3v) is 9.23. The number of piperazine rings is 1. The number of fused-ring (bicyclic) bond motifs is 2. The molecule has 11 heteroatoms. The minimum Gasteiger partial charge on any atom is -0.368 e. The molecule has 1 saturated heterocycles. The van der Waals surface area contributed by atoms with Gasteiger partial charge in [0, 0.05) is 72.8 Å². The van der Waals surface area contributed by atoms with Crippen LogP contribution in [0.25, 0.3) is 21.9 Å². The first-order valence-electron chi connectivity index (χ1n) is 13.3. The van der Waals surface area contributed by atoms with Gasteiger partial charge in [-0.3, -0.25) is 9.78 Å². The van der Waals surface area contributed by atoms with Gasteiger partial charge >= 0.3 is 0 Å². The number of pyridine rings is 1. The first-order chi connectivity index (χ1) is 19.5. The van der Waals surface area contributed by atoms with Crippen LogP contribution in [0.1, 0.15) is 12.8 Å². The van der Waals surface area contributed by atoms with Crippen molar-refractivity contribution in [1.82, 2.24) is 23.8 Å². The van der Waals surface area contributed by atoms with Gasteiger partial charge in [0.15, 0.2) is 5.65 Å². The molecule has 5 aromatic rings. The summed E-state index contributed by atoms with van der Waals surface area (Å²) in [5.74, 6) is 0.860. The SMILES string of the molecule is O=C(C1CC1)N1CCN(c2ccc(Nc3ncc4ccn(S(=O)(=O)c5cccc6cccnc56)c4n3)cc2)CC1. The monoisotopic (exact) mass is 553 g/mol. The zero-order chi connectivity index (χ0) is 27.3. The van der Waals surface area contributed by atoms with Crippen LogP contribution in [0.2, 0.25) is 0 Å². The van der Waals surface area contributed by atoms with Crippen molar-refractivity contribution in [2.75, 3.05) is 36.4 Å². The molecule has 40 heavy (non-hydrogen) atoms. The molecule has 0 bridgehead atoms. The third kappa shape index (κ3) is 4.41. The fourth-order valence-electron chi connectivity index (χ4n) is 5.20. The maximum Gasteiger partial charge on any atom is 0.271 e. The molecule has 0 unspecified atom stereocenters. The quantitative estimate of drug-likeness (QED) is 0.336. The maximum atomic E-state index is 13.7. The molecule has 1 amide bonds. The van der Waals surface area contributed by atoms with Crippen LogP contribution < -0.4 is 10.2 Å². The first-order valence-corrected chi connectivity index (χ1v) is 14.8. The Bertz CT molecular complexity index is 1840. The highest BCUT2D eigenvalue weighted by molar-refractivity contribution is 7.90. The summed E-state index contributed by atoms with van der Waals surface area (Å²) < 4.78 is 28.6. The van der Waals surface area contributed by atoms with Gasteiger partial charge in [-0.25, -0.2) is 17.4 Å². The summed E-state index contributed by atoms with van der Waals surface area (Å²) in [5.41, 5.74) is 2.56. The number of hydrogen-bond acceptors (Lipinski definition) is 8. The van der Waals surface area contributed by atoms with E-state index in [9.17, 15) is 13.2 Å². The summed E-state index contributed by atoms with van der Waals surface area (Å²) in [6, 6.07) is 18.3. The Morgan fingerprint density at radius 3 is 2.42 bits per heavy atom. The van der Waals surface area contributed by atoms with Crippen LogP contribution >= 0.6 is 0 Å². The summed E-state index contributed by atoms with van der Waals surface area (Å²) in [6.45, 7) is 3.12. The molecule has 2 aliphatic rings. The molecule has 4 heterocycles. The van der Waals surface area contributed by atoms with Gasteiger partial charge in [0.05, 0.1) is 5.52 Å². The lowest BCUT2D eigenvalue weighted by Crippen LogP contribution is -2.49. The average molecular weight is 554 g/mol. The molecule has 1 aliphatic heterocycles. The van der Waals surface area contributed by atoms with E-state index in [0.717, 1.165) is 55.8 Å². The van der Waals surface area contributed by atoms with Crippen molar-refractivity contribution in [3.05, 3.63) is 79.3 Å². The van der Waals surface area contributed by atoms with Gasteiger partial charge in [-0.05, 0) is 55.3 Å². The highest BCUT2D eigenvalue weighted by atomic mass is 32.2. The van der Waals surface area contributed by atoms with Crippen molar-refractivity contribution in [1.29, 1.82) is 0 Å². The minimum atomic E-state index is -3.96. The van der Waals surface area contributed by atoms with Crippen molar-refractivity contribution < 1.29 is 13.2 Å². The molecular weight excluding hydrogens is 526 g/mol. The molecule has 202 valence electrons. The Morgan fingerprint density at radius 2 is 1.65 bits per heavy atom. The zero-order valence-corrected chi connectivity index (χ0v) is 22.5. The Morgan fingerprint density at radius 1 is 0.875 bits per heavy atom. The molecule has 3 aromatic heterocycles. The Labute approximate surface area is 231 Å². The number of nitrogens with one attached hydrogen (secondary N) is 1. The summed E-state index contributed by atoms with van der Waals surface area (Å²) >= 11 is 0. The van der Waals surface area contributed by atoms with Gasteiger partial charge in [0.1, 0.15) is 4.90 Å². The highest BCUT2D eigenvalue weighted by Gasteiger charge is 2.34. The number of carbonyl (C=O) groups excluding carboxylic acids is 1. The molecule has 7 rings (SSSR count). The molecule has 0 radical (unpaired) electrons. The number of aromatic nitrogens is 4. The van der Waals surface area contributed by atoms with Gasteiger partial charge in [0.2, 0.25) is 11.9 Å². The fraction of sp³-hybridized carbons (Fsp3) is 0.241. The van der Waals surface area contributed by atoms with Crippen LogP contribution in [0.4, 0.5) is 17.3 Å². The van der Waals surface area contributed by atoms with E-state index in [1.54, 1.807) is 36.7 Å². The Kier molecular flexibility index (Phi) is 5.88. The predicted molar refractivity (Wildman–Crippen MR) is 153 cm³/mol. The standard InChI is InChI=1S/C29H27N7O3S/c37-28(21-6-7-21)35-17-15-34(16-18-35)24-10-8-23(9-11-24)32-29-31-19-22-12-14-36(27(22)33-29)40(38,39)25-5-1-3-20-4-2-13-30-26(20)25/h1-5,8-14,19,21H,6-7,15-18H2,(H,31,32,33). The smallest absolute Gasteiger partial charge is 0.271 e. The summed E-state index contributed by atoms with van der Waals surface area (Å²) in [6.07, 6.45) is 6.75. The lowest BCUT2D eigenvalue weighted by molar-refractivity contribution is -0.132. The summed E-state index contributed by atoms with van der Waals surface area (Å²) in [4.78, 5) is 30.0. The van der Waals surface area contributed by atoms with Gasteiger partial charge in [-0.15, -0.1) is 0 Å². The number of amides is 1. The second-order valence-corrected chi connectivity index (χ2v) is 12.0. The minimum absolute atomic E-state index is 0.115. The third-order valence-electron chi connectivity index (χ3n) is 7.53. The number of rotatable bonds is 6. The van der Waals surface area contributed by atoms with Crippen LogP contribution in [0.5, 0.6) is 0 Å². The van der Waals surface area contributed by atoms with Crippen molar-refractivity contribution in [3.8, 4) is 0 Å². The van der Waals surface area contributed by atoms with E-state index in [2.05, 4.69) is 25.2 Å². The fourth-order valence-corrected chi connectivity index (χ4v) is 6.67. The predicted octanol–water partition coefficient (Wildman–Crippen LogP) is 4.02. The number of hydrogen-bond donors (Lipinski definition) is 1. The van der Waals surface area contributed by atoms with Crippen molar-refractivity contribution >= 4 is 55.2 Å². The van der Waals surface area contributed by atoms with Crippen LogP contribution in [0.15, 0.2) is 84.1 Å². The maximum absolute atomic E-state index is 13.7. The van der Waals surface area contributed by atoms with Crippen LogP contribution in [0, 0.1) is 5.92 Å². The Hall–Kier alpha value is -4.51. The average Bonchev–Trinajstić information content (AvgIpc) is 3.75. The molecule has 2 fully saturated rings. The molecule has 2 aromatic carbocycles. The van der Waals surface area contributed by atoms with E-state index >= 15 is 0 Å². The van der Waals surface area contributed by atoms with Crippen molar-refractivity contribution in [2.45, 2.75) is 17.7 Å². The zero-order valence-electron chi connectivity index (χ0n) is 21.6. The first kappa shape index (κ1) is 24.5. The second-order valence-electron chi connectivity index (χ2n) is 10.2. The molecule has 1 saturated carbocycles. The molecule has 1 aliphatic carbocycles. The van der Waals surface area contributed by atoms with E-state index in [1.807, 2.05) is 41.3 Å². The van der Waals surface area contributed by atoms with Crippen molar-refractivity contribution in [3.63, 3.8) is 0 Å². The number of carbonyl (C=O) groups is 1. The molecule has 10 nitrogen and oxygen atoms in total. The van der Waals surface area contributed by atoms with Gasteiger partial charge in [-0.1, -0.05) is 18.2 Å². The topological polar surface area (TPSA) is 113 Å². The van der Waals surface area contributed by atoms with Crippen LogP contribution in [-0.2, 0) is 14.8 Å². The Balaban J connectivity index is 1.10. The van der Waals surface area contributed by atoms with E-state index in [1.165, 1.54) is 10.2 Å². The number of nitrogens with zero attached hydrogens (tertiary/aromatic N) is 6. The molecule has 0 spiro atoms. The van der Waals surface area contributed by atoms with Gasteiger partial charge in [-0.2, -0.15) is 4.98 Å². The number of anilines is 3. The summed E-state index contributed by atoms with van der Waals surface area (Å²) in [7, 11) is -3.96. The summed E-state index contributed by atoms with van der Waals surface area (Å²) in [5, 5.41) is 4.54. The van der Waals surface area contributed by atoms with E-state index in [4.69, 9.17) is 0 Å². The molecule has 1 N–H and O–H groups in total. The highest BCUT2D eigenvalue weighted by Crippen LogP contribution is 2.32. The van der Waals surface area contributed by atoms with E-state index in [-0.39, 0.29) is 16.5 Å². The number of benzene rings is 2. The number of para-hydroxylation sites is 1. The van der Waals surface area contributed by atoms with E-state index in [0.29, 0.717) is 22.8 Å². The molecular formula is C29H27N7O3S.